The van der Waals surface area contributed by atoms with Crippen molar-refractivity contribution in [1.82, 2.24) is 9.78 Å². The van der Waals surface area contributed by atoms with Crippen molar-refractivity contribution in [3.05, 3.63) is 34.9 Å². The smallest absolute Gasteiger partial charge is 0.157 e. The molecule has 2 N–H and O–H groups in total. The van der Waals surface area contributed by atoms with E-state index in [0.717, 1.165) is 28.4 Å². The number of anilines is 1. The normalized spacial score (nSPS) is 11.3. The molecule has 0 bridgehead atoms. The largest absolute Gasteiger partial charge is 0.454 e. The van der Waals surface area contributed by atoms with Crippen LogP contribution in [0.1, 0.15) is 13.3 Å². The van der Waals surface area contributed by atoms with Gasteiger partial charge in [0.25, 0.3) is 0 Å². The van der Waals surface area contributed by atoms with E-state index >= 15 is 0 Å². The monoisotopic (exact) mass is 319 g/mol. The molecule has 0 aliphatic carbocycles. The number of benzene rings is 1. The molecule has 2 heterocycles. The molecule has 3 aromatic rings. The number of halogens is 1. The lowest BCUT2D eigenvalue weighted by Crippen LogP contribution is -1.96. The van der Waals surface area contributed by atoms with Crippen LogP contribution >= 0.6 is 15.9 Å². The van der Waals surface area contributed by atoms with Gasteiger partial charge in [0.15, 0.2) is 11.5 Å². The van der Waals surface area contributed by atoms with Crippen LogP contribution in [-0.2, 0) is 6.54 Å². The van der Waals surface area contributed by atoms with Crippen molar-refractivity contribution < 1.29 is 4.42 Å². The Morgan fingerprint density at radius 3 is 3.00 bits per heavy atom. The Bertz CT molecular complexity index is 729. The maximum absolute atomic E-state index is 6.00. The van der Waals surface area contributed by atoms with Crippen molar-refractivity contribution in [2.75, 3.05) is 5.73 Å². The maximum Gasteiger partial charge on any atom is 0.157 e. The molecule has 3 rings (SSSR count). The summed E-state index contributed by atoms with van der Waals surface area (Å²) in [6.45, 7) is 2.96. The van der Waals surface area contributed by atoms with Crippen molar-refractivity contribution in [3.8, 4) is 11.5 Å². The van der Waals surface area contributed by atoms with Crippen LogP contribution in [-0.4, -0.2) is 9.78 Å². The van der Waals surface area contributed by atoms with Gasteiger partial charge in [-0.3, -0.25) is 4.68 Å². The van der Waals surface area contributed by atoms with E-state index in [4.69, 9.17) is 10.2 Å². The van der Waals surface area contributed by atoms with Crippen LogP contribution in [0.2, 0.25) is 0 Å². The first kappa shape index (κ1) is 12.3. The van der Waals surface area contributed by atoms with E-state index < -0.39 is 0 Å². The first-order valence-electron chi connectivity index (χ1n) is 6.20. The van der Waals surface area contributed by atoms with Gasteiger partial charge in [0.05, 0.1) is 5.69 Å². The molecule has 0 unspecified atom stereocenters. The van der Waals surface area contributed by atoms with Crippen molar-refractivity contribution in [2.45, 2.75) is 19.9 Å². The quantitative estimate of drug-likeness (QED) is 0.792. The molecule has 19 heavy (non-hydrogen) atoms. The summed E-state index contributed by atoms with van der Waals surface area (Å²) in [4.78, 5) is 0. The number of rotatable bonds is 3. The predicted molar refractivity (Wildman–Crippen MR) is 79.8 cm³/mol. The van der Waals surface area contributed by atoms with Crippen LogP contribution in [0.25, 0.3) is 22.4 Å². The number of hydrogen-bond acceptors (Lipinski definition) is 3. The summed E-state index contributed by atoms with van der Waals surface area (Å²) < 4.78 is 8.68. The Labute approximate surface area is 119 Å². The zero-order valence-corrected chi connectivity index (χ0v) is 12.1. The Morgan fingerprint density at radius 1 is 1.37 bits per heavy atom. The van der Waals surface area contributed by atoms with Gasteiger partial charge in [0, 0.05) is 22.6 Å². The van der Waals surface area contributed by atoms with E-state index in [1.54, 1.807) is 0 Å². The fraction of sp³-hybridized carbons (Fsp3) is 0.214. The molecule has 0 amide bonds. The highest BCUT2D eigenvalue weighted by molar-refractivity contribution is 9.10. The fourth-order valence-corrected chi connectivity index (χ4v) is 2.48. The van der Waals surface area contributed by atoms with Crippen molar-refractivity contribution >= 4 is 32.6 Å². The molecule has 0 saturated carbocycles. The number of nitrogen functional groups attached to an aromatic ring is 1. The second-order valence-corrected chi connectivity index (χ2v) is 5.40. The zero-order valence-electron chi connectivity index (χ0n) is 10.6. The van der Waals surface area contributed by atoms with E-state index in [1.165, 1.54) is 0 Å². The molecule has 0 aliphatic heterocycles. The van der Waals surface area contributed by atoms with Crippen LogP contribution in [0, 0.1) is 0 Å². The lowest BCUT2D eigenvalue weighted by Gasteiger charge is -1.94. The molecule has 0 saturated heterocycles. The first-order valence-corrected chi connectivity index (χ1v) is 6.99. The summed E-state index contributed by atoms with van der Waals surface area (Å²) in [6.07, 6.45) is 2.87. The minimum atomic E-state index is 0.645. The SMILES string of the molecule is CCCn1cc(N)c(-c2cc3cc(Br)ccc3o2)n1. The average molecular weight is 320 g/mol. The zero-order chi connectivity index (χ0) is 13.4. The third-order valence-electron chi connectivity index (χ3n) is 2.95. The Hall–Kier alpha value is -1.75. The highest BCUT2D eigenvalue weighted by Crippen LogP contribution is 2.31. The predicted octanol–water partition coefficient (Wildman–Crippen LogP) is 4.05. The number of furan rings is 1. The molecule has 1 aromatic carbocycles. The topological polar surface area (TPSA) is 57.0 Å². The molecule has 98 valence electrons. The molecule has 5 heteroatoms. The minimum Gasteiger partial charge on any atom is -0.454 e. The second-order valence-electron chi connectivity index (χ2n) is 4.49. The van der Waals surface area contributed by atoms with Gasteiger partial charge in [-0.1, -0.05) is 22.9 Å². The Kier molecular flexibility index (Phi) is 3.06. The van der Waals surface area contributed by atoms with E-state index in [0.29, 0.717) is 17.1 Å². The van der Waals surface area contributed by atoms with Gasteiger partial charge < -0.3 is 10.2 Å². The number of aryl methyl sites for hydroxylation is 1. The van der Waals surface area contributed by atoms with Gasteiger partial charge in [0.2, 0.25) is 0 Å². The van der Waals surface area contributed by atoms with Gasteiger partial charge in [0.1, 0.15) is 5.58 Å². The summed E-state index contributed by atoms with van der Waals surface area (Å²) in [6, 6.07) is 7.87. The molecular formula is C14H14BrN3O. The highest BCUT2D eigenvalue weighted by Gasteiger charge is 2.13. The minimum absolute atomic E-state index is 0.645. The van der Waals surface area contributed by atoms with E-state index in [9.17, 15) is 0 Å². The first-order chi connectivity index (χ1) is 9.17. The number of fused-ring (bicyclic) bond motifs is 1. The van der Waals surface area contributed by atoms with Gasteiger partial charge in [-0.2, -0.15) is 5.10 Å². The van der Waals surface area contributed by atoms with Crippen LogP contribution in [0.5, 0.6) is 0 Å². The van der Waals surface area contributed by atoms with Crippen LogP contribution in [0.3, 0.4) is 0 Å². The van der Waals surface area contributed by atoms with E-state index in [2.05, 4.69) is 28.0 Å². The van der Waals surface area contributed by atoms with Crippen molar-refractivity contribution in [3.63, 3.8) is 0 Å². The summed E-state index contributed by atoms with van der Waals surface area (Å²) in [7, 11) is 0. The molecular weight excluding hydrogens is 306 g/mol. The summed E-state index contributed by atoms with van der Waals surface area (Å²) >= 11 is 3.45. The molecule has 0 fully saturated rings. The van der Waals surface area contributed by atoms with Gasteiger partial charge in [-0.25, -0.2) is 0 Å². The molecule has 0 radical (unpaired) electrons. The number of nitrogens with zero attached hydrogens (tertiary/aromatic N) is 2. The third-order valence-corrected chi connectivity index (χ3v) is 3.45. The van der Waals surface area contributed by atoms with Gasteiger partial charge >= 0.3 is 0 Å². The lowest BCUT2D eigenvalue weighted by atomic mass is 10.2. The van der Waals surface area contributed by atoms with Crippen molar-refractivity contribution in [2.24, 2.45) is 0 Å². The Morgan fingerprint density at radius 2 is 2.21 bits per heavy atom. The van der Waals surface area contributed by atoms with Crippen LogP contribution in [0.4, 0.5) is 5.69 Å². The summed E-state index contributed by atoms with van der Waals surface area (Å²) in [5.41, 5.74) is 8.19. The summed E-state index contributed by atoms with van der Waals surface area (Å²) in [5, 5.41) is 5.51. The molecule has 0 atom stereocenters. The van der Waals surface area contributed by atoms with Gasteiger partial charge in [-0.15, -0.1) is 0 Å². The highest BCUT2D eigenvalue weighted by atomic mass is 79.9. The van der Waals surface area contributed by atoms with Crippen molar-refractivity contribution in [1.29, 1.82) is 0 Å². The summed E-state index contributed by atoms with van der Waals surface area (Å²) in [5.74, 6) is 0.709. The van der Waals surface area contributed by atoms with E-state index in [-0.39, 0.29) is 0 Å². The second kappa shape index (κ2) is 4.74. The van der Waals surface area contributed by atoms with Gasteiger partial charge in [-0.05, 0) is 30.7 Å². The molecule has 0 aliphatic rings. The Balaban J connectivity index is 2.08. The molecule has 4 nitrogen and oxygen atoms in total. The van der Waals surface area contributed by atoms with Crippen LogP contribution in [0.15, 0.2) is 39.4 Å². The number of aromatic nitrogens is 2. The molecule has 2 aromatic heterocycles. The van der Waals surface area contributed by atoms with E-state index in [1.807, 2.05) is 35.1 Å². The fourth-order valence-electron chi connectivity index (χ4n) is 2.10. The van der Waals surface area contributed by atoms with Crippen LogP contribution < -0.4 is 5.73 Å². The molecule has 0 spiro atoms. The number of nitrogens with two attached hydrogens (primary N) is 1. The number of hydrogen-bond donors (Lipinski definition) is 1. The average Bonchev–Trinajstić information content (AvgIpc) is 2.92. The lowest BCUT2D eigenvalue weighted by molar-refractivity contribution is 0.592. The maximum atomic E-state index is 6.00. The third kappa shape index (κ3) is 2.26. The standard InChI is InChI=1S/C14H14BrN3O/c1-2-5-18-8-11(16)14(17-18)13-7-9-6-10(15)3-4-12(9)19-13/h3-4,6-8H,2,5,16H2,1H3.